The fraction of sp³-hybridized carbons (Fsp3) is 0.875. The standard InChI is InChI=1S/C32H42O13/c1-10-17-19(29(6)30(7,39)26(38)45-32(29)24(10)44-32)21(36)18-16-13(8-15(27(17,18)4)41-11(2)33)28(5)25(42-12(3)34)22-14(43-22)9-31(28,40)23(37)20(16)35/h10,13-22,24-25,35-36,39-40H,8-9H2,1-7H3/t10-,13-,14-,15-,16+,17-,18+,19-,20+,21+,22-,24+,25-,27+,28-,29-,30+,31-,32-/m0/s1. The number of ketones is 1. The van der Waals surface area contributed by atoms with Crippen molar-refractivity contribution < 1.29 is 63.3 Å². The van der Waals surface area contributed by atoms with Gasteiger partial charge in [-0.2, -0.15) is 0 Å². The maximum Gasteiger partial charge on any atom is 0.341 e. The van der Waals surface area contributed by atoms with Crippen LogP contribution in [0, 0.1) is 51.8 Å². The number of carbonyl (C=O) groups excluding carboxylic acids is 4. The Morgan fingerprint density at radius 3 is 2.22 bits per heavy atom. The summed E-state index contributed by atoms with van der Waals surface area (Å²) in [4.78, 5) is 52.5. The molecule has 0 bridgehead atoms. The molecule has 5 aliphatic carbocycles. The molecule has 8 rings (SSSR count). The summed E-state index contributed by atoms with van der Waals surface area (Å²) in [5.74, 6) is -8.74. The number of Topliss-reactive ketones (excluding diaryl/α,β-unsaturated/α-hetero) is 1. The van der Waals surface area contributed by atoms with Gasteiger partial charge in [-0.3, -0.25) is 14.4 Å². The lowest BCUT2D eigenvalue weighted by atomic mass is 9.40. The van der Waals surface area contributed by atoms with E-state index >= 15 is 0 Å². The minimum atomic E-state index is -2.13. The molecule has 248 valence electrons. The number of aliphatic hydroxyl groups is 4. The van der Waals surface area contributed by atoms with E-state index < -0.39 is 129 Å². The molecule has 4 N–H and O–H groups in total. The maximum absolute atomic E-state index is 14.2. The first-order valence-corrected chi connectivity index (χ1v) is 16.0. The van der Waals surface area contributed by atoms with E-state index in [2.05, 4.69) is 0 Å². The number of hydrogen-bond donors (Lipinski definition) is 4. The van der Waals surface area contributed by atoms with E-state index in [9.17, 15) is 39.6 Å². The Labute approximate surface area is 259 Å². The number of epoxide rings is 2. The third kappa shape index (κ3) is 2.96. The lowest BCUT2D eigenvalue weighted by molar-refractivity contribution is -0.267. The van der Waals surface area contributed by atoms with Crippen LogP contribution in [0.15, 0.2) is 0 Å². The van der Waals surface area contributed by atoms with Gasteiger partial charge in [0, 0.05) is 48.9 Å². The first-order valence-electron chi connectivity index (χ1n) is 16.0. The molecule has 3 aliphatic heterocycles. The average Bonchev–Trinajstić information content (AvgIpc) is 3.84. The molecule has 0 aromatic carbocycles. The van der Waals surface area contributed by atoms with E-state index in [4.69, 9.17) is 23.7 Å². The highest BCUT2D eigenvalue weighted by atomic mass is 16.8. The zero-order valence-electron chi connectivity index (χ0n) is 26.4. The summed E-state index contributed by atoms with van der Waals surface area (Å²) >= 11 is 0. The Morgan fingerprint density at radius 1 is 0.956 bits per heavy atom. The van der Waals surface area contributed by atoms with Crippen LogP contribution in [-0.2, 0) is 42.9 Å². The lowest BCUT2D eigenvalue weighted by Crippen LogP contribution is -2.77. The number of hydrogen-bond acceptors (Lipinski definition) is 13. The minimum absolute atomic E-state index is 0.0808. The maximum atomic E-state index is 14.2. The molecule has 0 amide bonds. The topological polar surface area (TPSA) is 202 Å². The molecule has 0 aromatic rings. The quantitative estimate of drug-likeness (QED) is 0.174. The Bertz CT molecular complexity index is 1450. The highest BCUT2D eigenvalue weighted by Crippen LogP contribution is 2.80. The van der Waals surface area contributed by atoms with Crippen molar-refractivity contribution in [3.63, 3.8) is 0 Å². The monoisotopic (exact) mass is 634 g/mol. The van der Waals surface area contributed by atoms with E-state index in [1.165, 1.54) is 20.8 Å². The molecule has 8 fully saturated rings. The van der Waals surface area contributed by atoms with Crippen molar-refractivity contribution in [2.45, 2.75) is 121 Å². The van der Waals surface area contributed by atoms with Crippen LogP contribution in [0.5, 0.6) is 0 Å². The molecule has 13 heteroatoms. The van der Waals surface area contributed by atoms with Crippen molar-refractivity contribution in [1.82, 2.24) is 0 Å². The van der Waals surface area contributed by atoms with Gasteiger partial charge in [-0.25, -0.2) is 4.79 Å². The number of carbonyl (C=O) groups is 4. The fourth-order valence-electron chi connectivity index (χ4n) is 12.5. The number of ether oxygens (including phenoxy) is 5. The van der Waals surface area contributed by atoms with Gasteiger partial charge in [-0.15, -0.1) is 0 Å². The molecular weight excluding hydrogens is 592 g/mol. The molecule has 45 heavy (non-hydrogen) atoms. The fourth-order valence-corrected chi connectivity index (χ4v) is 12.5. The Balaban J connectivity index is 1.33. The number of rotatable bonds is 2. The Hall–Kier alpha value is -2.16. The average molecular weight is 635 g/mol. The van der Waals surface area contributed by atoms with Crippen LogP contribution in [0.1, 0.15) is 61.3 Å². The number of aliphatic hydroxyl groups excluding tert-OH is 2. The van der Waals surface area contributed by atoms with E-state index in [0.717, 1.165) is 0 Å². The SMILES string of the molecule is CC(=O)O[C@H]1C[C@H]2[C@H]([C@@H]3[C@@H](O)[C@@H]4[C@H]([C@H](C)[C@H]5O[C@]56OC(=O)[C@@](C)(O)[C@]46C)[C@]31C)[C@@H](O)C(=O)[C@@]1(O)C[C@@H]3O[C@@H]3[C@H](OC(C)=O)[C@]21C. The number of fused-ring (bicyclic) bond motifs is 9. The molecule has 0 aromatic heterocycles. The Kier molecular flexibility index (Phi) is 5.55. The molecule has 3 saturated heterocycles. The predicted octanol–water partition coefficient (Wildman–Crippen LogP) is -0.374. The Morgan fingerprint density at radius 2 is 1.60 bits per heavy atom. The van der Waals surface area contributed by atoms with Crippen LogP contribution >= 0.6 is 0 Å². The predicted molar refractivity (Wildman–Crippen MR) is 146 cm³/mol. The van der Waals surface area contributed by atoms with Gasteiger partial charge in [-0.1, -0.05) is 20.8 Å². The van der Waals surface area contributed by atoms with Gasteiger partial charge in [0.1, 0.15) is 36.1 Å². The minimum Gasteiger partial charge on any atom is -0.462 e. The second-order valence-corrected chi connectivity index (χ2v) is 16.0. The summed E-state index contributed by atoms with van der Waals surface area (Å²) < 4.78 is 29.6. The van der Waals surface area contributed by atoms with Gasteiger partial charge in [0.25, 0.3) is 0 Å². The van der Waals surface area contributed by atoms with Crippen LogP contribution in [0.3, 0.4) is 0 Å². The van der Waals surface area contributed by atoms with Crippen molar-refractivity contribution in [1.29, 1.82) is 0 Å². The largest absolute Gasteiger partial charge is 0.462 e. The summed E-state index contributed by atoms with van der Waals surface area (Å²) in [7, 11) is 0. The summed E-state index contributed by atoms with van der Waals surface area (Å²) in [5.41, 5.74) is -8.20. The van der Waals surface area contributed by atoms with Gasteiger partial charge >= 0.3 is 17.9 Å². The van der Waals surface area contributed by atoms with Crippen molar-refractivity contribution in [3.05, 3.63) is 0 Å². The zero-order chi connectivity index (χ0) is 32.8. The molecule has 1 spiro atoms. The molecule has 3 heterocycles. The van der Waals surface area contributed by atoms with E-state index in [1.54, 1.807) is 13.8 Å². The summed E-state index contributed by atoms with van der Waals surface area (Å²) in [6.07, 6.45) is -6.71. The molecule has 19 atom stereocenters. The summed E-state index contributed by atoms with van der Waals surface area (Å²) in [6.45, 7) is 11.0. The second-order valence-electron chi connectivity index (χ2n) is 16.0. The first kappa shape index (κ1) is 30.2. The van der Waals surface area contributed by atoms with Crippen LogP contribution in [0.25, 0.3) is 0 Å². The summed E-state index contributed by atoms with van der Waals surface area (Å²) in [6, 6.07) is 0. The highest BCUT2D eigenvalue weighted by Gasteiger charge is 2.92. The van der Waals surface area contributed by atoms with Crippen molar-refractivity contribution >= 4 is 23.7 Å². The van der Waals surface area contributed by atoms with Crippen molar-refractivity contribution in [3.8, 4) is 0 Å². The zero-order valence-corrected chi connectivity index (χ0v) is 26.4. The van der Waals surface area contributed by atoms with E-state index in [-0.39, 0.29) is 18.8 Å². The molecule has 0 radical (unpaired) electrons. The van der Waals surface area contributed by atoms with Crippen molar-refractivity contribution in [2.24, 2.45) is 51.8 Å². The second kappa shape index (κ2) is 8.27. The smallest absolute Gasteiger partial charge is 0.341 e. The van der Waals surface area contributed by atoms with E-state index in [1.807, 2.05) is 13.8 Å². The molecule has 8 aliphatic rings. The highest BCUT2D eigenvalue weighted by molar-refractivity contribution is 5.94. The molecular formula is C32H42O13. The van der Waals surface area contributed by atoms with Crippen molar-refractivity contribution in [2.75, 3.05) is 0 Å². The third-order valence-corrected chi connectivity index (χ3v) is 14.6. The lowest BCUT2D eigenvalue weighted by Gasteiger charge is -2.65. The van der Waals surface area contributed by atoms with Gasteiger partial charge in [0.05, 0.1) is 17.6 Å². The van der Waals surface area contributed by atoms with Crippen LogP contribution < -0.4 is 0 Å². The normalized spacial score (nSPS) is 63.0. The van der Waals surface area contributed by atoms with Gasteiger partial charge in [0.2, 0.25) is 5.79 Å². The number of esters is 3. The summed E-state index contributed by atoms with van der Waals surface area (Å²) in [5, 5.41) is 48.5. The first-order chi connectivity index (χ1) is 20.8. The van der Waals surface area contributed by atoms with E-state index in [0.29, 0.717) is 0 Å². The van der Waals surface area contributed by atoms with Crippen LogP contribution in [0.2, 0.25) is 0 Å². The molecule has 5 saturated carbocycles. The van der Waals surface area contributed by atoms with Gasteiger partial charge in [-0.05, 0) is 38.0 Å². The van der Waals surface area contributed by atoms with Gasteiger partial charge in [0.15, 0.2) is 11.4 Å². The van der Waals surface area contributed by atoms with Gasteiger partial charge < -0.3 is 44.1 Å². The molecule has 13 nitrogen and oxygen atoms in total. The van der Waals surface area contributed by atoms with Crippen LogP contribution in [0.4, 0.5) is 0 Å². The van der Waals surface area contributed by atoms with Crippen LogP contribution in [-0.4, -0.2) is 104 Å². The molecule has 0 unspecified atom stereocenters. The third-order valence-electron chi connectivity index (χ3n) is 14.6.